The SMILES string of the molecule is CC(C)N1CCN(c2cccc(Cl)c2NC(=O)N2CCC(C)(c3ccc(Cl)cc3)CC2)CC1. The maximum absolute atomic E-state index is 13.2. The Morgan fingerprint density at radius 1 is 0.939 bits per heavy atom. The Morgan fingerprint density at radius 3 is 2.18 bits per heavy atom. The van der Waals surface area contributed by atoms with Gasteiger partial charge in [-0.15, -0.1) is 0 Å². The summed E-state index contributed by atoms with van der Waals surface area (Å²) in [7, 11) is 0. The Hall–Kier alpha value is -1.95. The first kappa shape index (κ1) is 24.2. The van der Waals surface area contributed by atoms with Crippen LogP contribution in [-0.2, 0) is 5.41 Å². The number of piperidine rings is 1. The molecule has 2 saturated heterocycles. The number of hydrogen-bond acceptors (Lipinski definition) is 3. The van der Waals surface area contributed by atoms with Crippen LogP contribution >= 0.6 is 23.2 Å². The highest BCUT2D eigenvalue weighted by atomic mass is 35.5. The molecule has 2 heterocycles. The van der Waals surface area contributed by atoms with Crippen LogP contribution in [0.5, 0.6) is 0 Å². The molecule has 0 unspecified atom stereocenters. The summed E-state index contributed by atoms with van der Waals surface area (Å²) in [6.45, 7) is 12.0. The molecule has 0 saturated carbocycles. The molecule has 2 aromatic rings. The summed E-state index contributed by atoms with van der Waals surface area (Å²) in [6, 6.07) is 14.4. The smallest absolute Gasteiger partial charge is 0.321 e. The molecule has 1 N–H and O–H groups in total. The maximum Gasteiger partial charge on any atom is 0.321 e. The lowest BCUT2D eigenvalue weighted by atomic mass is 9.74. The van der Waals surface area contributed by atoms with Gasteiger partial charge in [-0.3, -0.25) is 4.90 Å². The monoisotopic (exact) mass is 488 g/mol. The van der Waals surface area contributed by atoms with Crippen molar-refractivity contribution < 1.29 is 4.79 Å². The lowest BCUT2D eigenvalue weighted by Crippen LogP contribution is -2.49. The van der Waals surface area contributed by atoms with Crippen LogP contribution in [0.2, 0.25) is 10.0 Å². The van der Waals surface area contributed by atoms with Crippen molar-refractivity contribution in [3.05, 3.63) is 58.1 Å². The van der Waals surface area contributed by atoms with Crippen LogP contribution in [0.25, 0.3) is 0 Å². The zero-order valence-corrected chi connectivity index (χ0v) is 21.3. The number of urea groups is 1. The first-order valence-corrected chi connectivity index (χ1v) is 12.6. The normalized spacial score (nSPS) is 19.1. The Kier molecular flexibility index (Phi) is 7.42. The van der Waals surface area contributed by atoms with Crippen molar-refractivity contribution >= 4 is 40.6 Å². The average Bonchev–Trinajstić information content (AvgIpc) is 2.81. The molecule has 0 bridgehead atoms. The van der Waals surface area contributed by atoms with Crippen molar-refractivity contribution in [2.75, 3.05) is 49.5 Å². The molecule has 5 nitrogen and oxygen atoms in total. The molecule has 0 atom stereocenters. The minimum atomic E-state index is -0.0803. The summed E-state index contributed by atoms with van der Waals surface area (Å²) in [6.07, 6.45) is 1.82. The fourth-order valence-electron chi connectivity index (χ4n) is 4.91. The number of anilines is 2. The second-order valence-electron chi connectivity index (χ2n) is 9.74. The fraction of sp³-hybridized carbons (Fsp3) is 0.500. The molecule has 178 valence electrons. The van der Waals surface area contributed by atoms with Crippen molar-refractivity contribution in [2.45, 2.75) is 45.1 Å². The van der Waals surface area contributed by atoms with Crippen LogP contribution in [0.3, 0.4) is 0 Å². The standard InChI is InChI=1S/C26H34Cl2N4O/c1-19(2)30-15-17-31(18-16-30)23-6-4-5-22(28)24(23)29-25(33)32-13-11-26(3,12-14-32)20-7-9-21(27)10-8-20/h4-10,19H,11-18H2,1-3H3,(H,29,33). The van der Waals surface area contributed by atoms with E-state index in [-0.39, 0.29) is 11.4 Å². The third-order valence-corrected chi connectivity index (χ3v) is 7.87. The van der Waals surface area contributed by atoms with Crippen molar-refractivity contribution in [1.29, 1.82) is 0 Å². The first-order valence-electron chi connectivity index (χ1n) is 11.9. The van der Waals surface area contributed by atoms with E-state index in [1.807, 2.05) is 29.2 Å². The molecule has 0 spiro atoms. The van der Waals surface area contributed by atoms with Crippen LogP contribution in [0, 0.1) is 0 Å². The quantitative estimate of drug-likeness (QED) is 0.563. The van der Waals surface area contributed by atoms with E-state index in [0.717, 1.165) is 49.7 Å². The molecule has 0 aliphatic carbocycles. The molecule has 2 fully saturated rings. The molecule has 2 amide bonds. The van der Waals surface area contributed by atoms with E-state index in [4.69, 9.17) is 23.2 Å². The van der Waals surface area contributed by atoms with Crippen LogP contribution in [0.15, 0.2) is 42.5 Å². The number of benzene rings is 2. The number of nitrogens with zero attached hydrogens (tertiary/aromatic N) is 3. The second-order valence-corrected chi connectivity index (χ2v) is 10.6. The van der Waals surface area contributed by atoms with Gasteiger partial charge in [0.25, 0.3) is 0 Å². The number of hydrogen-bond donors (Lipinski definition) is 1. The molecule has 2 aliphatic heterocycles. The van der Waals surface area contributed by atoms with E-state index in [9.17, 15) is 4.79 Å². The Balaban J connectivity index is 1.42. The molecular weight excluding hydrogens is 455 g/mol. The molecule has 7 heteroatoms. The van der Waals surface area contributed by atoms with Gasteiger partial charge in [0.1, 0.15) is 0 Å². The molecule has 0 aromatic heterocycles. The molecule has 2 aromatic carbocycles. The number of nitrogens with one attached hydrogen (secondary N) is 1. The van der Waals surface area contributed by atoms with Crippen molar-refractivity contribution in [3.8, 4) is 0 Å². The van der Waals surface area contributed by atoms with Gasteiger partial charge in [-0.2, -0.15) is 0 Å². The van der Waals surface area contributed by atoms with Gasteiger partial charge in [0.15, 0.2) is 0 Å². The summed E-state index contributed by atoms with van der Waals surface area (Å²) >= 11 is 12.6. The van der Waals surface area contributed by atoms with Crippen LogP contribution in [0.4, 0.5) is 16.2 Å². The zero-order chi connectivity index (χ0) is 23.6. The van der Waals surface area contributed by atoms with E-state index >= 15 is 0 Å². The minimum Gasteiger partial charge on any atom is -0.367 e. The second kappa shape index (κ2) is 10.1. The van der Waals surface area contributed by atoms with Gasteiger partial charge in [-0.1, -0.05) is 48.3 Å². The summed E-state index contributed by atoms with van der Waals surface area (Å²) in [4.78, 5) is 19.9. The molecule has 2 aliphatic rings. The van der Waals surface area contributed by atoms with Crippen molar-refractivity contribution in [3.63, 3.8) is 0 Å². The van der Waals surface area contributed by atoms with Crippen LogP contribution < -0.4 is 10.2 Å². The number of carbonyl (C=O) groups is 1. The van der Waals surface area contributed by atoms with Gasteiger partial charge in [0.05, 0.1) is 16.4 Å². The third-order valence-electron chi connectivity index (χ3n) is 7.30. The van der Waals surface area contributed by atoms with E-state index in [0.29, 0.717) is 29.8 Å². The lowest BCUT2D eigenvalue weighted by molar-refractivity contribution is 0.174. The van der Waals surface area contributed by atoms with Gasteiger partial charge >= 0.3 is 6.03 Å². The predicted octanol–water partition coefficient (Wildman–Crippen LogP) is 6.11. The van der Waals surface area contributed by atoms with Gasteiger partial charge in [-0.05, 0) is 61.9 Å². The topological polar surface area (TPSA) is 38.8 Å². The average molecular weight is 489 g/mol. The van der Waals surface area contributed by atoms with E-state index in [1.54, 1.807) is 0 Å². The predicted molar refractivity (Wildman–Crippen MR) is 139 cm³/mol. The zero-order valence-electron chi connectivity index (χ0n) is 19.8. The largest absolute Gasteiger partial charge is 0.367 e. The number of likely N-dealkylation sites (tertiary alicyclic amines) is 1. The first-order chi connectivity index (χ1) is 15.8. The summed E-state index contributed by atoms with van der Waals surface area (Å²) in [5, 5.41) is 4.47. The number of rotatable bonds is 4. The fourth-order valence-corrected chi connectivity index (χ4v) is 5.25. The Morgan fingerprint density at radius 2 is 1.58 bits per heavy atom. The molecule has 33 heavy (non-hydrogen) atoms. The highest BCUT2D eigenvalue weighted by molar-refractivity contribution is 6.34. The lowest BCUT2D eigenvalue weighted by Gasteiger charge is -2.40. The third kappa shape index (κ3) is 5.42. The molecule has 0 radical (unpaired) electrons. The van der Waals surface area contributed by atoms with E-state index in [2.05, 4.69) is 54.1 Å². The summed E-state index contributed by atoms with van der Waals surface area (Å²) < 4.78 is 0. The van der Waals surface area contributed by atoms with Crippen molar-refractivity contribution in [1.82, 2.24) is 9.80 Å². The van der Waals surface area contributed by atoms with E-state index < -0.39 is 0 Å². The van der Waals surface area contributed by atoms with Gasteiger partial charge < -0.3 is 15.1 Å². The Labute approximate surface area is 207 Å². The van der Waals surface area contributed by atoms with E-state index in [1.165, 1.54) is 5.56 Å². The highest BCUT2D eigenvalue weighted by Gasteiger charge is 2.34. The number of amides is 2. The number of para-hydroxylation sites is 1. The van der Waals surface area contributed by atoms with Crippen LogP contribution in [-0.4, -0.2) is 61.1 Å². The number of halogens is 2. The number of carbonyl (C=O) groups excluding carboxylic acids is 1. The molecule has 4 rings (SSSR count). The van der Waals surface area contributed by atoms with Gasteiger partial charge in [-0.25, -0.2) is 4.79 Å². The Bertz CT molecular complexity index is 963. The van der Waals surface area contributed by atoms with Gasteiger partial charge in [0.2, 0.25) is 0 Å². The summed E-state index contributed by atoms with van der Waals surface area (Å²) in [5.41, 5.74) is 3.05. The van der Waals surface area contributed by atoms with Crippen LogP contribution in [0.1, 0.15) is 39.2 Å². The highest BCUT2D eigenvalue weighted by Crippen LogP contribution is 2.37. The summed E-state index contributed by atoms with van der Waals surface area (Å²) in [5.74, 6) is 0. The van der Waals surface area contributed by atoms with Gasteiger partial charge in [0, 0.05) is 50.3 Å². The van der Waals surface area contributed by atoms with Crippen molar-refractivity contribution in [2.24, 2.45) is 0 Å². The number of piperazine rings is 1. The molecular formula is C26H34Cl2N4O. The minimum absolute atomic E-state index is 0.0486. The maximum atomic E-state index is 13.2.